The van der Waals surface area contributed by atoms with Gasteiger partial charge < -0.3 is 25.2 Å². The number of amides is 1. The third kappa shape index (κ3) is 5.74. The predicted molar refractivity (Wildman–Crippen MR) is 164 cm³/mol. The number of methoxy groups -OCH3 is 1. The lowest BCUT2D eigenvalue weighted by atomic mass is 10.1. The van der Waals surface area contributed by atoms with Gasteiger partial charge in [-0.3, -0.25) is 9.69 Å². The largest absolute Gasteiger partial charge is 0.497 e. The summed E-state index contributed by atoms with van der Waals surface area (Å²) < 4.78 is 5.31. The molecule has 4 aromatic rings. The molecule has 2 aliphatic heterocycles. The molecule has 0 radical (unpaired) electrons. The Balaban J connectivity index is 1.31. The van der Waals surface area contributed by atoms with Crippen LogP contribution in [-0.4, -0.2) is 55.8 Å². The van der Waals surface area contributed by atoms with E-state index in [1.165, 1.54) is 5.69 Å². The number of ether oxygens (including phenoxy) is 1. The standard InChI is InChI=1S/C30H29Cl2N7O2/c1-41-23-11-5-20(6-12-23)18-38-19-39(27-25(31)3-2-4-26(27)32)29(40)24-17-34-30(36-28(24)38)35-21-7-9-22(10-8-21)37-15-13-33-14-16-37/h2-12,17,33H,13-16,18-19H2,1H3,(H,34,35,36). The first-order chi connectivity index (χ1) is 20.0. The van der Waals surface area contributed by atoms with Gasteiger partial charge in [-0.15, -0.1) is 0 Å². The van der Waals surface area contributed by atoms with Gasteiger partial charge in [0.1, 0.15) is 23.8 Å². The fourth-order valence-corrected chi connectivity index (χ4v) is 5.68. The van der Waals surface area contributed by atoms with Crippen molar-refractivity contribution in [3.05, 3.63) is 94.1 Å². The van der Waals surface area contributed by atoms with E-state index < -0.39 is 0 Å². The molecule has 11 heteroatoms. The number of piperazine rings is 1. The molecular formula is C30H29Cl2N7O2. The number of nitrogens with zero attached hydrogens (tertiary/aromatic N) is 5. The third-order valence-corrected chi connectivity index (χ3v) is 7.81. The number of para-hydroxylation sites is 1. The number of carbonyl (C=O) groups excluding carboxylic acids is 1. The SMILES string of the molecule is COc1ccc(CN2CN(c3c(Cl)cccc3Cl)C(=O)c3cnc(Nc4ccc(N5CCNCC5)cc4)nc32)cc1. The molecule has 0 unspecified atom stereocenters. The van der Waals surface area contributed by atoms with Crippen molar-refractivity contribution < 1.29 is 9.53 Å². The van der Waals surface area contributed by atoms with Gasteiger partial charge in [-0.05, 0) is 54.1 Å². The molecule has 0 atom stereocenters. The first-order valence-electron chi connectivity index (χ1n) is 13.3. The summed E-state index contributed by atoms with van der Waals surface area (Å²) in [5.74, 6) is 1.42. The number of hydrogen-bond acceptors (Lipinski definition) is 8. The number of fused-ring (bicyclic) bond motifs is 1. The van der Waals surface area contributed by atoms with E-state index in [1.54, 1.807) is 36.4 Å². The zero-order chi connectivity index (χ0) is 28.3. The molecule has 1 aromatic heterocycles. The average molecular weight is 591 g/mol. The molecule has 0 spiro atoms. The van der Waals surface area contributed by atoms with Gasteiger partial charge in [-0.25, -0.2) is 4.98 Å². The summed E-state index contributed by atoms with van der Waals surface area (Å²) in [5, 5.41) is 7.46. The fraction of sp³-hybridized carbons (Fsp3) is 0.233. The predicted octanol–water partition coefficient (Wildman–Crippen LogP) is 5.57. The van der Waals surface area contributed by atoms with Crippen LogP contribution in [0.4, 0.5) is 28.8 Å². The lowest BCUT2D eigenvalue weighted by molar-refractivity contribution is 0.0981. The number of rotatable bonds is 7. The Kier molecular flexibility index (Phi) is 7.82. The summed E-state index contributed by atoms with van der Waals surface area (Å²) in [4.78, 5) is 28.9. The second-order valence-electron chi connectivity index (χ2n) is 9.83. The third-order valence-electron chi connectivity index (χ3n) is 7.20. The summed E-state index contributed by atoms with van der Waals surface area (Å²) in [7, 11) is 1.64. The van der Waals surface area contributed by atoms with Crippen molar-refractivity contribution in [1.29, 1.82) is 0 Å². The van der Waals surface area contributed by atoms with Crippen LogP contribution in [0.15, 0.2) is 72.9 Å². The molecule has 3 heterocycles. The van der Waals surface area contributed by atoms with Gasteiger partial charge in [0.2, 0.25) is 5.95 Å². The second kappa shape index (κ2) is 11.8. The minimum atomic E-state index is -0.270. The number of halogens is 2. The Hall–Kier alpha value is -4.05. The van der Waals surface area contributed by atoms with Gasteiger partial charge in [0, 0.05) is 50.3 Å². The molecule has 210 valence electrons. The van der Waals surface area contributed by atoms with Crippen LogP contribution in [0.25, 0.3) is 0 Å². The van der Waals surface area contributed by atoms with Crippen molar-refractivity contribution >= 4 is 57.9 Å². The van der Waals surface area contributed by atoms with E-state index in [4.69, 9.17) is 32.9 Å². The molecule has 9 nitrogen and oxygen atoms in total. The Morgan fingerprint density at radius 3 is 2.37 bits per heavy atom. The summed E-state index contributed by atoms with van der Waals surface area (Å²) >= 11 is 13.0. The summed E-state index contributed by atoms with van der Waals surface area (Å²) in [5.41, 5.74) is 3.88. The molecule has 2 aliphatic rings. The van der Waals surface area contributed by atoms with Gasteiger partial charge in [-0.2, -0.15) is 4.98 Å². The Labute approximate surface area is 248 Å². The molecular weight excluding hydrogens is 561 g/mol. The monoisotopic (exact) mass is 589 g/mol. The number of benzene rings is 3. The lowest BCUT2D eigenvalue weighted by Gasteiger charge is -2.37. The molecule has 41 heavy (non-hydrogen) atoms. The highest BCUT2D eigenvalue weighted by molar-refractivity contribution is 6.40. The van der Waals surface area contributed by atoms with Gasteiger partial charge in [-0.1, -0.05) is 41.4 Å². The number of nitrogens with one attached hydrogen (secondary N) is 2. The van der Waals surface area contributed by atoms with Gasteiger partial charge in [0.25, 0.3) is 5.91 Å². The summed E-state index contributed by atoms with van der Waals surface area (Å²) in [6.45, 7) is 4.61. The average Bonchev–Trinajstić information content (AvgIpc) is 3.00. The Bertz CT molecular complexity index is 1520. The zero-order valence-electron chi connectivity index (χ0n) is 22.5. The number of hydrogen-bond donors (Lipinski definition) is 2. The van der Waals surface area contributed by atoms with Crippen molar-refractivity contribution in [2.24, 2.45) is 0 Å². The van der Waals surface area contributed by atoms with Crippen LogP contribution >= 0.6 is 23.2 Å². The maximum Gasteiger partial charge on any atom is 0.265 e. The van der Waals surface area contributed by atoms with Crippen molar-refractivity contribution in [2.45, 2.75) is 6.54 Å². The van der Waals surface area contributed by atoms with E-state index in [2.05, 4.69) is 32.7 Å². The van der Waals surface area contributed by atoms with E-state index in [1.807, 2.05) is 41.3 Å². The Morgan fingerprint density at radius 2 is 1.68 bits per heavy atom. The smallest absolute Gasteiger partial charge is 0.265 e. The first-order valence-corrected chi connectivity index (χ1v) is 14.1. The van der Waals surface area contributed by atoms with Gasteiger partial charge in [0.15, 0.2) is 0 Å². The van der Waals surface area contributed by atoms with Gasteiger partial charge >= 0.3 is 0 Å². The molecule has 1 fully saturated rings. The van der Waals surface area contributed by atoms with E-state index in [0.29, 0.717) is 39.6 Å². The highest BCUT2D eigenvalue weighted by atomic mass is 35.5. The topological polar surface area (TPSA) is 85.9 Å². The van der Waals surface area contributed by atoms with E-state index >= 15 is 0 Å². The molecule has 6 rings (SSSR count). The van der Waals surface area contributed by atoms with E-state index in [9.17, 15) is 4.79 Å². The van der Waals surface area contributed by atoms with E-state index in [-0.39, 0.29) is 12.6 Å². The molecule has 1 saturated heterocycles. The number of aromatic nitrogens is 2. The van der Waals surface area contributed by atoms with Crippen molar-refractivity contribution in [3.63, 3.8) is 0 Å². The molecule has 0 saturated carbocycles. The van der Waals surface area contributed by atoms with Crippen molar-refractivity contribution in [3.8, 4) is 5.75 Å². The maximum atomic E-state index is 13.7. The second-order valence-corrected chi connectivity index (χ2v) is 10.6. The molecule has 3 aromatic carbocycles. The van der Waals surface area contributed by atoms with Crippen LogP contribution in [-0.2, 0) is 6.54 Å². The van der Waals surface area contributed by atoms with Crippen LogP contribution in [0, 0.1) is 0 Å². The van der Waals surface area contributed by atoms with Crippen molar-refractivity contribution in [1.82, 2.24) is 15.3 Å². The van der Waals surface area contributed by atoms with Crippen LogP contribution < -0.4 is 30.1 Å². The number of anilines is 5. The summed E-state index contributed by atoms with van der Waals surface area (Å²) in [6.07, 6.45) is 1.56. The van der Waals surface area contributed by atoms with Crippen molar-refractivity contribution in [2.75, 3.05) is 60.0 Å². The molecule has 0 bridgehead atoms. The quantitative estimate of drug-likeness (QED) is 0.289. The van der Waals surface area contributed by atoms with Crippen LogP contribution in [0.3, 0.4) is 0 Å². The van der Waals surface area contributed by atoms with Crippen LogP contribution in [0.2, 0.25) is 10.0 Å². The normalized spacial score (nSPS) is 15.1. The number of carbonyl (C=O) groups is 1. The fourth-order valence-electron chi connectivity index (χ4n) is 5.08. The lowest BCUT2D eigenvalue weighted by Crippen LogP contribution is -2.47. The Morgan fingerprint density at radius 1 is 0.976 bits per heavy atom. The maximum absolute atomic E-state index is 13.7. The van der Waals surface area contributed by atoms with Gasteiger partial charge in [0.05, 0.1) is 22.8 Å². The minimum Gasteiger partial charge on any atom is -0.497 e. The molecule has 2 N–H and O–H groups in total. The van der Waals surface area contributed by atoms with Crippen LogP contribution in [0.5, 0.6) is 5.75 Å². The first kappa shape index (κ1) is 27.1. The summed E-state index contributed by atoms with van der Waals surface area (Å²) in [6, 6.07) is 21.2. The molecule has 0 aliphatic carbocycles. The molecule has 1 amide bonds. The zero-order valence-corrected chi connectivity index (χ0v) is 24.0. The highest BCUT2D eigenvalue weighted by Crippen LogP contribution is 2.38. The van der Waals surface area contributed by atoms with E-state index in [0.717, 1.165) is 43.2 Å². The minimum absolute atomic E-state index is 0.206. The highest BCUT2D eigenvalue weighted by Gasteiger charge is 2.34. The van der Waals surface area contributed by atoms with Crippen LogP contribution in [0.1, 0.15) is 15.9 Å².